The molecule has 1 aromatic heterocycles. The van der Waals surface area contributed by atoms with Crippen LogP contribution < -0.4 is 4.57 Å². The number of rotatable bonds is 2. The van der Waals surface area contributed by atoms with E-state index in [1.54, 1.807) is 0 Å². The van der Waals surface area contributed by atoms with Gasteiger partial charge in [-0.3, -0.25) is 0 Å². The third-order valence-electron chi connectivity index (χ3n) is 3.03. The van der Waals surface area contributed by atoms with Crippen LogP contribution in [0.25, 0.3) is 0 Å². The Labute approximate surface area is 91.7 Å². The second-order valence-electron chi connectivity index (χ2n) is 4.83. The smallest absolute Gasteiger partial charge is 0.283 e. The molecule has 0 spiro atoms. The summed E-state index contributed by atoms with van der Waals surface area (Å²) in [4.78, 5) is 0. The highest BCUT2D eigenvalue weighted by Crippen LogP contribution is 2.19. The van der Waals surface area contributed by atoms with E-state index in [0.29, 0.717) is 12.0 Å². The summed E-state index contributed by atoms with van der Waals surface area (Å²) in [7, 11) is 0. The second kappa shape index (κ2) is 3.97. The molecule has 0 aromatic carbocycles. The molecule has 1 aromatic rings. The van der Waals surface area contributed by atoms with E-state index in [-0.39, 0.29) is 0 Å². The number of nitrogens with zero attached hydrogens (tertiary/aromatic N) is 2. The highest BCUT2D eigenvalue weighted by molar-refractivity contribution is 5.05. The minimum absolute atomic E-state index is 0.514. The molecule has 2 rings (SSSR count). The Morgan fingerprint density at radius 1 is 1.33 bits per heavy atom. The monoisotopic (exact) mass is 209 g/mol. The minimum atomic E-state index is 0.514. The molecule has 0 aliphatic carbocycles. The zero-order valence-electron chi connectivity index (χ0n) is 10.2. The van der Waals surface area contributed by atoms with Crippen LogP contribution in [0.3, 0.4) is 0 Å². The molecule has 0 amide bonds. The third-order valence-corrected chi connectivity index (χ3v) is 3.03. The van der Waals surface area contributed by atoms with Crippen molar-refractivity contribution in [2.24, 2.45) is 0 Å². The fourth-order valence-electron chi connectivity index (χ4n) is 2.21. The number of imidazole rings is 1. The van der Waals surface area contributed by atoms with Gasteiger partial charge >= 0.3 is 0 Å². The second-order valence-corrected chi connectivity index (χ2v) is 4.83. The molecule has 0 unspecified atom stereocenters. The largest absolute Gasteiger partial charge is 0.365 e. The van der Waals surface area contributed by atoms with Gasteiger partial charge in [-0.25, -0.2) is 9.13 Å². The van der Waals surface area contributed by atoms with Crippen molar-refractivity contribution in [2.45, 2.75) is 52.8 Å². The van der Waals surface area contributed by atoms with Gasteiger partial charge in [-0.05, 0) is 13.8 Å². The van der Waals surface area contributed by atoms with Crippen LogP contribution in [0.2, 0.25) is 0 Å². The van der Waals surface area contributed by atoms with E-state index in [1.807, 2.05) is 0 Å². The molecule has 0 fully saturated rings. The number of hydrogen-bond acceptors (Lipinski definition) is 1. The average molecular weight is 209 g/mol. The van der Waals surface area contributed by atoms with Crippen LogP contribution >= 0.6 is 0 Å². The number of aromatic nitrogens is 2. The summed E-state index contributed by atoms with van der Waals surface area (Å²) in [5, 5.41) is 0. The van der Waals surface area contributed by atoms with Crippen LogP contribution in [0, 0.1) is 0 Å². The van der Waals surface area contributed by atoms with Gasteiger partial charge in [0.15, 0.2) is 0 Å². The first-order valence-electron chi connectivity index (χ1n) is 5.82. The van der Waals surface area contributed by atoms with Gasteiger partial charge in [-0.2, -0.15) is 0 Å². The lowest BCUT2D eigenvalue weighted by molar-refractivity contribution is -0.725. The predicted octanol–water partition coefficient (Wildman–Crippen LogP) is 2.01. The molecular formula is C12H21N2O+. The van der Waals surface area contributed by atoms with Gasteiger partial charge < -0.3 is 4.74 Å². The highest BCUT2D eigenvalue weighted by atomic mass is 16.5. The summed E-state index contributed by atoms with van der Waals surface area (Å²) in [5.74, 6) is 1.90. The molecule has 15 heavy (non-hydrogen) atoms. The lowest BCUT2D eigenvalue weighted by atomic mass is 10.1. The first kappa shape index (κ1) is 10.7. The quantitative estimate of drug-likeness (QED) is 0.681. The van der Waals surface area contributed by atoms with Gasteiger partial charge in [0.05, 0.1) is 12.6 Å². The SMILES string of the molecule is CC(C)c1c[n+](C(C)C)c2n1CCOC2. The summed E-state index contributed by atoms with van der Waals surface area (Å²) in [6.45, 7) is 11.6. The van der Waals surface area contributed by atoms with Crippen molar-refractivity contribution in [2.75, 3.05) is 6.61 Å². The van der Waals surface area contributed by atoms with Crippen molar-refractivity contribution < 1.29 is 9.30 Å². The van der Waals surface area contributed by atoms with Crippen LogP contribution in [-0.2, 0) is 17.9 Å². The molecule has 0 saturated carbocycles. The highest BCUT2D eigenvalue weighted by Gasteiger charge is 2.28. The van der Waals surface area contributed by atoms with E-state index in [1.165, 1.54) is 11.5 Å². The van der Waals surface area contributed by atoms with E-state index < -0.39 is 0 Å². The van der Waals surface area contributed by atoms with Gasteiger partial charge in [0.2, 0.25) is 0 Å². The van der Waals surface area contributed by atoms with Crippen LogP contribution in [-0.4, -0.2) is 11.2 Å². The molecule has 84 valence electrons. The van der Waals surface area contributed by atoms with Gasteiger partial charge in [0.25, 0.3) is 5.82 Å². The van der Waals surface area contributed by atoms with Crippen molar-refractivity contribution in [3.63, 3.8) is 0 Å². The molecule has 3 nitrogen and oxygen atoms in total. The molecule has 3 heteroatoms. The molecular weight excluding hydrogens is 188 g/mol. The summed E-state index contributed by atoms with van der Waals surface area (Å²) < 4.78 is 10.3. The molecule has 0 saturated heterocycles. The molecule has 1 aliphatic heterocycles. The van der Waals surface area contributed by atoms with Crippen LogP contribution in [0.5, 0.6) is 0 Å². The fourth-order valence-corrected chi connectivity index (χ4v) is 2.21. The Kier molecular flexibility index (Phi) is 2.83. The first-order chi connectivity index (χ1) is 7.11. The number of hydrogen-bond donors (Lipinski definition) is 0. The average Bonchev–Trinajstić information content (AvgIpc) is 2.56. The number of ether oxygens (including phenoxy) is 1. The maximum absolute atomic E-state index is 5.54. The Balaban J connectivity index is 2.49. The Morgan fingerprint density at radius 2 is 2.07 bits per heavy atom. The molecule has 2 heterocycles. The van der Waals surface area contributed by atoms with Gasteiger partial charge in [0, 0.05) is 5.92 Å². The third kappa shape index (κ3) is 1.81. The van der Waals surface area contributed by atoms with E-state index in [4.69, 9.17) is 4.74 Å². The molecule has 0 bridgehead atoms. The summed E-state index contributed by atoms with van der Waals surface area (Å²) in [6, 6.07) is 0.514. The van der Waals surface area contributed by atoms with E-state index in [0.717, 1.165) is 19.8 Å². The summed E-state index contributed by atoms with van der Waals surface area (Å²) in [6.07, 6.45) is 2.29. The van der Waals surface area contributed by atoms with Gasteiger partial charge in [-0.15, -0.1) is 0 Å². The van der Waals surface area contributed by atoms with Crippen molar-refractivity contribution in [3.8, 4) is 0 Å². The van der Waals surface area contributed by atoms with Crippen LogP contribution in [0.4, 0.5) is 0 Å². The lowest BCUT2D eigenvalue weighted by Gasteiger charge is -2.13. The van der Waals surface area contributed by atoms with Gasteiger partial charge in [-0.1, -0.05) is 13.8 Å². The Bertz CT molecular complexity index is 320. The van der Waals surface area contributed by atoms with Gasteiger partial charge in [0.1, 0.15) is 25.0 Å². The van der Waals surface area contributed by atoms with E-state index in [9.17, 15) is 0 Å². The first-order valence-corrected chi connectivity index (χ1v) is 5.82. The van der Waals surface area contributed by atoms with E-state index in [2.05, 4.69) is 43.0 Å². The summed E-state index contributed by atoms with van der Waals surface area (Å²) in [5.41, 5.74) is 1.43. The number of fused-ring (bicyclic) bond motifs is 1. The van der Waals surface area contributed by atoms with E-state index >= 15 is 0 Å². The van der Waals surface area contributed by atoms with Crippen LogP contribution in [0.15, 0.2) is 6.20 Å². The van der Waals surface area contributed by atoms with Crippen molar-refractivity contribution >= 4 is 0 Å². The maximum atomic E-state index is 5.54. The minimum Gasteiger partial charge on any atom is -0.365 e. The normalized spacial score (nSPS) is 16.1. The predicted molar refractivity (Wildman–Crippen MR) is 58.8 cm³/mol. The standard InChI is InChI=1S/C12H21N2O/c1-9(2)11-7-14(10(3)4)12-8-15-6-5-13(11)12/h7,9-10H,5-6,8H2,1-4H3/q+1. The molecule has 0 radical (unpaired) electrons. The maximum Gasteiger partial charge on any atom is 0.283 e. The Morgan fingerprint density at radius 3 is 2.67 bits per heavy atom. The molecule has 1 aliphatic rings. The van der Waals surface area contributed by atoms with Crippen molar-refractivity contribution in [1.82, 2.24) is 4.57 Å². The zero-order valence-corrected chi connectivity index (χ0v) is 10.2. The Hall–Kier alpha value is -0.830. The van der Waals surface area contributed by atoms with Crippen molar-refractivity contribution in [3.05, 3.63) is 17.7 Å². The van der Waals surface area contributed by atoms with Crippen molar-refractivity contribution in [1.29, 1.82) is 0 Å². The zero-order chi connectivity index (χ0) is 11.0. The topological polar surface area (TPSA) is 18.0 Å². The molecule has 0 atom stereocenters. The van der Waals surface area contributed by atoms with Crippen LogP contribution in [0.1, 0.15) is 51.2 Å². The molecule has 0 N–H and O–H groups in total. The summed E-state index contributed by atoms with van der Waals surface area (Å²) >= 11 is 0. The lowest BCUT2D eigenvalue weighted by Crippen LogP contribution is -2.41. The fraction of sp³-hybridized carbons (Fsp3) is 0.750.